The normalized spacial score (nSPS) is 18.5. The Morgan fingerprint density at radius 1 is 1.07 bits per heavy atom. The number of benzene rings is 2. The average molecular weight is 395 g/mol. The van der Waals surface area contributed by atoms with E-state index in [9.17, 15) is 28.4 Å². The van der Waals surface area contributed by atoms with Gasteiger partial charge in [-0.05, 0) is 36.8 Å². The van der Waals surface area contributed by atoms with E-state index in [4.69, 9.17) is 0 Å². The molecule has 1 unspecified atom stereocenters. The van der Waals surface area contributed by atoms with E-state index in [1.54, 1.807) is 0 Å². The van der Waals surface area contributed by atoms with Crippen LogP contribution in [0.15, 0.2) is 42.5 Å². The van der Waals surface area contributed by atoms with Gasteiger partial charge in [-0.1, -0.05) is 12.1 Å². The first-order valence-corrected chi connectivity index (χ1v) is 8.78. The minimum Gasteiger partial charge on any atom is -0.321 e. The standard InChI is InChI=1S/C20H14FN3O5/c21-11-4-1-3-10(9-11)17(26)22-13-6-2-5-12-16(13)20(29)24(19(12)28)14-7-8-15(25)23-18(14)27/h1-6,9,14H,7-8H2,(H,22,26)(H,23,25,27). The summed E-state index contributed by atoms with van der Waals surface area (Å²) >= 11 is 0. The van der Waals surface area contributed by atoms with Crippen molar-refractivity contribution in [2.75, 3.05) is 5.32 Å². The highest BCUT2D eigenvalue weighted by molar-refractivity contribution is 6.26. The fourth-order valence-corrected chi connectivity index (χ4v) is 3.44. The Morgan fingerprint density at radius 2 is 1.83 bits per heavy atom. The van der Waals surface area contributed by atoms with E-state index in [2.05, 4.69) is 10.6 Å². The van der Waals surface area contributed by atoms with Gasteiger partial charge in [0, 0.05) is 12.0 Å². The lowest BCUT2D eigenvalue weighted by molar-refractivity contribution is -0.136. The van der Waals surface area contributed by atoms with Gasteiger partial charge in [-0.2, -0.15) is 0 Å². The van der Waals surface area contributed by atoms with E-state index in [-0.39, 0.29) is 35.2 Å². The molecule has 0 aliphatic carbocycles. The Bertz CT molecular complexity index is 1100. The van der Waals surface area contributed by atoms with Gasteiger partial charge in [-0.15, -0.1) is 0 Å². The van der Waals surface area contributed by atoms with Crippen LogP contribution in [-0.4, -0.2) is 40.5 Å². The molecule has 146 valence electrons. The van der Waals surface area contributed by atoms with Crippen LogP contribution in [0.3, 0.4) is 0 Å². The Labute approximate surface area is 163 Å². The number of imide groups is 2. The molecule has 1 fully saturated rings. The van der Waals surface area contributed by atoms with Crippen molar-refractivity contribution in [1.29, 1.82) is 0 Å². The van der Waals surface area contributed by atoms with Gasteiger partial charge in [0.25, 0.3) is 17.7 Å². The molecule has 9 heteroatoms. The molecule has 0 saturated carbocycles. The number of hydrogen-bond donors (Lipinski definition) is 2. The summed E-state index contributed by atoms with van der Waals surface area (Å²) in [4.78, 5) is 62.5. The summed E-state index contributed by atoms with van der Waals surface area (Å²) in [7, 11) is 0. The summed E-state index contributed by atoms with van der Waals surface area (Å²) in [6.07, 6.45) is 0.0358. The lowest BCUT2D eigenvalue weighted by Gasteiger charge is -2.27. The molecule has 8 nitrogen and oxygen atoms in total. The molecule has 5 amide bonds. The average Bonchev–Trinajstić information content (AvgIpc) is 2.94. The van der Waals surface area contributed by atoms with Gasteiger partial charge < -0.3 is 5.32 Å². The van der Waals surface area contributed by atoms with Crippen LogP contribution in [0.2, 0.25) is 0 Å². The number of anilines is 1. The van der Waals surface area contributed by atoms with E-state index < -0.39 is 41.4 Å². The zero-order chi connectivity index (χ0) is 20.7. The number of carbonyl (C=O) groups is 5. The summed E-state index contributed by atoms with van der Waals surface area (Å²) in [5, 5.41) is 4.64. The van der Waals surface area contributed by atoms with Gasteiger partial charge in [0.2, 0.25) is 11.8 Å². The second-order valence-corrected chi connectivity index (χ2v) is 6.64. The summed E-state index contributed by atoms with van der Waals surface area (Å²) in [5.74, 6) is -3.85. The molecule has 2 heterocycles. The first kappa shape index (κ1) is 18.5. The predicted octanol–water partition coefficient (Wildman–Crippen LogP) is 1.48. The minimum absolute atomic E-state index is 0.00692. The first-order chi connectivity index (χ1) is 13.9. The highest BCUT2D eigenvalue weighted by Gasteiger charge is 2.45. The largest absolute Gasteiger partial charge is 0.321 e. The number of piperidine rings is 1. The van der Waals surface area contributed by atoms with Crippen LogP contribution in [-0.2, 0) is 9.59 Å². The monoisotopic (exact) mass is 395 g/mol. The molecular weight excluding hydrogens is 381 g/mol. The van der Waals surface area contributed by atoms with Crippen molar-refractivity contribution in [3.8, 4) is 0 Å². The lowest BCUT2D eigenvalue weighted by atomic mass is 10.0. The maximum atomic E-state index is 13.4. The molecule has 2 aliphatic rings. The smallest absolute Gasteiger partial charge is 0.264 e. The third-order valence-corrected chi connectivity index (χ3v) is 4.80. The number of amides is 5. The predicted molar refractivity (Wildman–Crippen MR) is 97.5 cm³/mol. The van der Waals surface area contributed by atoms with Crippen molar-refractivity contribution < 1.29 is 28.4 Å². The van der Waals surface area contributed by atoms with E-state index in [1.807, 2.05) is 0 Å². The Kier molecular flexibility index (Phi) is 4.42. The van der Waals surface area contributed by atoms with E-state index in [1.165, 1.54) is 36.4 Å². The maximum Gasteiger partial charge on any atom is 0.264 e. The van der Waals surface area contributed by atoms with Crippen molar-refractivity contribution in [1.82, 2.24) is 10.2 Å². The molecule has 0 radical (unpaired) electrons. The van der Waals surface area contributed by atoms with Crippen LogP contribution in [0, 0.1) is 5.82 Å². The second-order valence-electron chi connectivity index (χ2n) is 6.64. The molecule has 29 heavy (non-hydrogen) atoms. The third kappa shape index (κ3) is 3.16. The van der Waals surface area contributed by atoms with Crippen LogP contribution < -0.4 is 10.6 Å². The number of hydrogen-bond acceptors (Lipinski definition) is 5. The molecule has 0 bridgehead atoms. The summed E-state index contributed by atoms with van der Waals surface area (Å²) in [6, 6.07) is 8.25. The minimum atomic E-state index is -1.10. The Balaban J connectivity index is 1.65. The van der Waals surface area contributed by atoms with Crippen LogP contribution in [0.1, 0.15) is 43.9 Å². The van der Waals surface area contributed by atoms with Crippen LogP contribution in [0.5, 0.6) is 0 Å². The molecule has 0 spiro atoms. The Hall–Kier alpha value is -3.88. The highest BCUT2D eigenvalue weighted by atomic mass is 19.1. The van der Waals surface area contributed by atoms with Gasteiger partial charge in [0.1, 0.15) is 11.9 Å². The van der Waals surface area contributed by atoms with Crippen LogP contribution >= 0.6 is 0 Å². The van der Waals surface area contributed by atoms with Crippen molar-refractivity contribution in [3.05, 3.63) is 65.0 Å². The third-order valence-electron chi connectivity index (χ3n) is 4.80. The van der Waals surface area contributed by atoms with Gasteiger partial charge in [-0.3, -0.25) is 34.2 Å². The van der Waals surface area contributed by atoms with Crippen LogP contribution in [0.25, 0.3) is 0 Å². The quantitative estimate of drug-likeness (QED) is 0.765. The molecule has 2 N–H and O–H groups in total. The molecule has 1 atom stereocenters. The summed E-state index contributed by atoms with van der Waals surface area (Å²) < 4.78 is 13.4. The van der Waals surface area contributed by atoms with Crippen molar-refractivity contribution in [2.45, 2.75) is 18.9 Å². The molecular formula is C20H14FN3O5. The van der Waals surface area contributed by atoms with E-state index in [0.29, 0.717) is 0 Å². The first-order valence-electron chi connectivity index (χ1n) is 8.78. The number of nitrogens with zero attached hydrogens (tertiary/aromatic N) is 1. The highest BCUT2D eigenvalue weighted by Crippen LogP contribution is 2.32. The zero-order valence-electron chi connectivity index (χ0n) is 14.9. The SMILES string of the molecule is O=C1CCC(N2C(=O)c3cccc(NC(=O)c4cccc(F)c4)c3C2=O)C(=O)N1. The number of fused-ring (bicyclic) bond motifs is 1. The number of nitrogens with one attached hydrogen (secondary N) is 2. The summed E-state index contributed by atoms with van der Waals surface area (Å²) in [5.41, 5.74) is 0.106. The van der Waals surface area contributed by atoms with Gasteiger partial charge in [0.05, 0.1) is 16.8 Å². The molecule has 2 aliphatic heterocycles. The fraction of sp³-hybridized carbons (Fsp3) is 0.150. The van der Waals surface area contributed by atoms with Crippen molar-refractivity contribution >= 4 is 35.2 Å². The van der Waals surface area contributed by atoms with Gasteiger partial charge in [0.15, 0.2) is 0 Å². The Morgan fingerprint density at radius 3 is 2.55 bits per heavy atom. The number of carbonyl (C=O) groups excluding carboxylic acids is 5. The number of rotatable bonds is 3. The molecule has 0 aromatic heterocycles. The number of halogens is 1. The van der Waals surface area contributed by atoms with Crippen molar-refractivity contribution in [2.24, 2.45) is 0 Å². The fourth-order valence-electron chi connectivity index (χ4n) is 3.44. The second kappa shape index (κ2) is 6.93. The van der Waals surface area contributed by atoms with Gasteiger partial charge >= 0.3 is 0 Å². The topological polar surface area (TPSA) is 113 Å². The maximum absolute atomic E-state index is 13.4. The molecule has 2 aromatic carbocycles. The van der Waals surface area contributed by atoms with E-state index >= 15 is 0 Å². The lowest BCUT2D eigenvalue weighted by Crippen LogP contribution is -2.54. The summed E-state index contributed by atoms with van der Waals surface area (Å²) in [6.45, 7) is 0. The molecule has 4 rings (SSSR count). The zero-order valence-corrected chi connectivity index (χ0v) is 14.9. The van der Waals surface area contributed by atoms with E-state index in [0.717, 1.165) is 11.0 Å². The van der Waals surface area contributed by atoms with Gasteiger partial charge in [-0.25, -0.2) is 4.39 Å². The molecule has 1 saturated heterocycles. The van der Waals surface area contributed by atoms with Crippen LogP contribution in [0.4, 0.5) is 10.1 Å². The van der Waals surface area contributed by atoms with Crippen molar-refractivity contribution in [3.63, 3.8) is 0 Å². The molecule has 2 aromatic rings.